The molecular formula is C3H12BNaO4. The van der Waals surface area contributed by atoms with Gasteiger partial charge < -0.3 is 20.9 Å². The van der Waals surface area contributed by atoms with E-state index in [1.165, 1.54) is 21.3 Å². The molecular weight excluding hydrogens is 134 g/mol. The second-order valence-electron chi connectivity index (χ2n) is 0.996. The first-order valence-electron chi connectivity index (χ1n) is 1.93. The van der Waals surface area contributed by atoms with Crippen molar-refractivity contribution in [2.45, 2.75) is 0 Å². The van der Waals surface area contributed by atoms with Crippen molar-refractivity contribution in [3.8, 4) is 0 Å². The van der Waals surface area contributed by atoms with Crippen molar-refractivity contribution < 1.29 is 50.4 Å². The van der Waals surface area contributed by atoms with Crippen LogP contribution in [-0.4, -0.2) is 34.1 Å². The molecule has 0 saturated heterocycles. The topological polar surface area (TPSA) is 59.2 Å². The second-order valence-corrected chi connectivity index (χ2v) is 0.996. The Labute approximate surface area is 79.1 Å². The van der Waals surface area contributed by atoms with Gasteiger partial charge in [-0.15, -0.1) is 0 Å². The van der Waals surface area contributed by atoms with E-state index in [9.17, 15) is 0 Å². The molecule has 0 saturated carbocycles. The van der Waals surface area contributed by atoms with Crippen molar-refractivity contribution in [3.05, 3.63) is 0 Å². The zero-order valence-electron chi connectivity index (χ0n) is 7.30. The molecule has 4 nitrogen and oxygen atoms in total. The zero-order valence-corrected chi connectivity index (χ0v) is 8.30. The van der Waals surface area contributed by atoms with E-state index in [-0.39, 0.29) is 36.5 Å². The van der Waals surface area contributed by atoms with Crippen LogP contribution in [0.15, 0.2) is 0 Å². The van der Waals surface area contributed by atoms with Gasteiger partial charge in [-0.3, -0.25) is 0 Å². The first-order valence-corrected chi connectivity index (χ1v) is 1.93. The number of hydrogen-bond donors (Lipinski definition) is 0. The van der Waals surface area contributed by atoms with Gasteiger partial charge >= 0.3 is 36.9 Å². The Morgan fingerprint density at radius 2 is 1.22 bits per heavy atom. The molecule has 0 amide bonds. The number of rotatable bonds is 3. The van der Waals surface area contributed by atoms with E-state index in [1.807, 2.05) is 0 Å². The summed E-state index contributed by atoms with van der Waals surface area (Å²) in [6.45, 7) is 0. The second kappa shape index (κ2) is 11.7. The van der Waals surface area contributed by atoms with Gasteiger partial charge in [0.1, 0.15) is 0 Å². The van der Waals surface area contributed by atoms with Gasteiger partial charge in [-0.25, -0.2) is 0 Å². The molecule has 0 aromatic carbocycles. The fourth-order valence-corrected chi connectivity index (χ4v) is 0.289. The quantitative estimate of drug-likeness (QED) is 0.383. The summed E-state index contributed by atoms with van der Waals surface area (Å²) in [5, 5.41) is 0. The molecule has 0 bridgehead atoms. The summed E-state index contributed by atoms with van der Waals surface area (Å²) < 4.78 is 13.8. The van der Waals surface area contributed by atoms with E-state index < -0.39 is 7.32 Å². The Kier molecular flexibility index (Phi) is 21.4. The maximum absolute atomic E-state index is 4.60. The minimum absolute atomic E-state index is 0. The van der Waals surface area contributed by atoms with Crippen LogP contribution in [0.2, 0.25) is 0 Å². The predicted octanol–water partition coefficient (Wildman–Crippen LogP) is -3.80. The molecule has 6 heteroatoms. The van der Waals surface area contributed by atoms with Gasteiger partial charge in [0.25, 0.3) is 0 Å². The molecule has 0 unspecified atom stereocenters. The maximum Gasteiger partial charge on any atom is 1.00 e. The van der Waals surface area contributed by atoms with Crippen LogP contribution >= 0.6 is 0 Å². The normalized spacial score (nSPS) is 7.00. The molecule has 0 fully saturated rings. The standard InChI is InChI=1S/C3H9BO3.Na.H2O.H/c1-5-4(6-2)7-3;;;/h1-3H3;;1H2;/q;+1;;-1. The van der Waals surface area contributed by atoms with Gasteiger partial charge in [-0.2, -0.15) is 0 Å². The molecule has 0 radical (unpaired) electrons. The summed E-state index contributed by atoms with van der Waals surface area (Å²) in [5.74, 6) is 0. The molecule has 0 aliphatic carbocycles. The monoisotopic (exact) mass is 146 g/mol. The summed E-state index contributed by atoms with van der Waals surface area (Å²) in [7, 11) is 4.02. The Bertz CT molecular complexity index is 42.0. The van der Waals surface area contributed by atoms with Gasteiger partial charge in [0, 0.05) is 21.3 Å². The van der Waals surface area contributed by atoms with Crippen LogP contribution < -0.4 is 29.6 Å². The Balaban J connectivity index is -0.0000000600. The smallest absolute Gasteiger partial charge is 1.00 e. The maximum atomic E-state index is 4.60. The molecule has 0 atom stereocenters. The van der Waals surface area contributed by atoms with Gasteiger partial charge in [0.2, 0.25) is 0 Å². The van der Waals surface area contributed by atoms with E-state index in [4.69, 9.17) is 0 Å². The van der Waals surface area contributed by atoms with Crippen molar-refractivity contribution in [2.75, 3.05) is 21.3 Å². The fraction of sp³-hybridized carbons (Fsp3) is 1.00. The molecule has 0 heterocycles. The van der Waals surface area contributed by atoms with Crippen molar-refractivity contribution >= 4 is 7.32 Å². The minimum atomic E-state index is -0.514. The SMILES string of the molecule is COB(OC)OC.O.[H-].[Na+]. The Hall–Kier alpha value is 0.905. The average Bonchev–Trinajstić information content (AvgIpc) is 1.72. The van der Waals surface area contributed by atoms with Crippen LogP contribution in [0.25, 0.3) is 0 Å². The van der Waals surface area contributed by atoms with Gasteiger partial charge in [0.15, 0.2) is 0 Å². The third-order valence-electron chi connectivity index (χ3n) is 0.577. The molecule has 0 aliphatic rings. The number of hydrogen-bond acceptors (Lipinski definition) is 3. The Morgan fingerprint density at radius 3 is 1.22 bits per heavy atom. The van der Waals surface area contributed by atoms with Crippen LogP contribution in [0.5, 0.6) is 0 Å². The van der Waals surface area contributed by atoms with Crippen molar-refractivity contribution in [1.82, 2.24) is 0 Å². The van der Waals surface area contributed by atoms with E-state index in [0.717, 1.165) is 0 Å². The van der Waals surface area contributed by atoms with Crippen LogP contribution in [0, 0.1) is 0 Å². The molecule has 0 spiro atoms. The molecule has 0 aliphatic heterocycles. The summed E-state index contributed by atoms with van der Waals surface area (Å²) in [6, 6.07) is 0. The van der Waals surface area contributed by atoms with E-state index in [2.05, 4.69) is 14.0 Å². The van der Waals surface area contributed by atoms with Crippen LogP contribution in [0.1, 0.15) is 1.43 Å². The third kappa shape index (κ3) is 8.90. The first-order chi connectivity index (χ1) is 3.35. The van der Waals surface area contributed by atoms with Crippen LogP contribution in [-0.2, 0) is 14.0 Å². The summed E-state index contributed by atoms with van der Waals surface area (Å²) in [4.78, 5) is 0. The predicted molar refractivity (Wildman–Crippen MR) is 31.5 cm³/mol. The molecule has 0 rings (SSSR count). The summed E-state index contributed by atoms with van der Waals surface area (Å²) in [6.07, 6.45) is 0. The van der Waals surface area contributed by atoms with E-state index in [1.54, 1.807) is 0 Å². The zero-order chi connectivity index (χ0) is 5.70. The molecule has 0 aromatic heterocycles. The largest absolute Gasteiger partial charge is 1.00 e. The van der Waals surface area contributed by atoms with Crippen molar-refractivity contribution in [2.24, 2.45) is 0 Å². The third-order valence-corrected chi connectivity index (χ3v) is 0.577. The molecule has 2 N–H and O–H groups in total. The van der Waals surface area contributed by atoms with Crippen molar-refractivity contribution in [3.63, 3.8) is 0 Å². The van der Waals surface area contributed by atoms with Crippen LogP contribution in [0.4, 0.5) is 0 Å². The first kappa shape index (κ1) is 16.5. The summed E-state index contributed by atoms with van der Waals surface area (Å²) >= 11 is 0. The van der Waals surface area contributed by atoms with Crippen molar-refractivity contribution in [1.29, 1.82) is 0 Å². The van der Waals surface area contributed by atoms with E-state index in [0.29, 0.717) is 0 Å². The van der Waals surface area contributed by atoms with Gasteiger partial charge in [-0.05, 0) is 0 Å². The molecule has 9 heavy (non-hydrogen) atoms. The molecule has 0 aromatic rings. The molecule has 52 valence electrons. The fourth-order valence-electron chi connectivity index (χ4n) is 0.289. The summed E-state index contributed by atoms with van der Waals surface area (Å²) in [5.41, 5.74) is 0. The van der Waals surface area contributed by atoms with Gasteiger partial charge in [-0.1, -0.05) is 0 Å². The van der Waals surface area contributed by atoms with E-state index >= 15 is 0 Å². The minimum Gasteiger partial charge on any atom is -1.00 e. The van der Waals surface area contributed by atoms with Crippen LogP contribution in [0.3, 0.4) is 0 Å². The van der Waals surface area contributed by atoms with Gasteiger partial charge in [0.05, 0.1) is 0 Å². The average molecular weight is 146 g/mol. The Morgan fingerprint density at radius 1 is 1.00 bits per heavy atom.